The van der Waals surface area contributed by atoms with Gasteiger partial charge in [0.15, 0.2) is 5.96 Å². The first kappa shape index (κ1) is 22.0. The molecule has 0 amide bonds. The van der Waals surface area contributed by atoms with Crippen molar-refractivity contribution in [2.24, 2.45) is 4.99 Å². The van der Waals surface area contributed by atoms with Crippen molar-refractivity contribution in [1.82, 2.24) is 15.5 Å². The third kappa shape index (κ3) is 11.2. The Bertz CT molecular complexity index is 452. The minimum atomic E-state index is -4.16. The van der Waals surface area contributed by atoms with E-state index in [9.17, 15) is 13.2 Å². The molecule has 0 radical (unpaired) electrons. The van der Waals surface area contributed by atoms with E-state index in [0.29, 0.717) is 25.6 Å². The van der Waals surface area contributed by atoms with Crippen LogP contribution in [-0.4, -0.2) is 57.3 Å². The predicted molar refractivity (Wildman–Crippen MR) is 98.5 cm³/mol. The number of nitrogens with one attached hydrogen (secondary N) is 2. The standard InChI is InChI=1S/C15H23F3N4.HI/c1-19-14(20-9-8-13-6-4-3-5-7-13)21-10-11-22(2)12-15(16,17)18;/h3-7H,8-12H2,1-2H3,(H2,19,20,21);1H. The molecule has 1 aromatic rings. The van der Waals surface area contributed by atoms with Crippen molar-refractivity contribution >= 4 is 29.9 Å². The second-order valence-electron chi connectivity index (χ2n) is 5.01. The summed E-state index contributed by atoms with van der Waals surface area (Å²) in [6.07, 6.45) is -3.31. The van der Waals surface area contributed by atoms with Gasteiger partial charge in [-0.25, -0.2) is 0 Å². The van der Waals surface area contributed by atoms with E-state index < -0.39 is 12.7 Å². The second kappa shape index (κ2) is 11.5. The van der Waals surface area contributed by atoms with Crippen LogP contribution in [0.2, 0.25) is 0 Å². The lowest BCUT2D eigenvalue weighted by atomic mass is 10.1. The topological polar surface area (TPSA) is 39.7 Å². The van der Waals surface area contributed by atoms with Crippen molar-refractivity contribution < 1.29 is 13.2 Å². The van der Waals surface area contributed by atoms with Crippen LogP contribution in [0.25, 0.3) is 0 Å². The molecular formula is C15H24F3IN4. The molecule has 0 spiro atoms. The minimum Gasteiger partial charge on any atom is -0.356 e. The molecule has 0 saturated carbocycles. The van der Waals surface area contributed by atoms with Gasteiger partial charge in [-0.1, -0.05) is 30.3 Å². The maximum absolute atomic E-state index is 12.2. The highest BCUT2D eigenvalue weighted by atomic mass is 127. The molecule has 0 heterocycles. The Morgan fingerprint density at radius 1 is 1.13 bits per heavy atom. The molecule has 1 rings (SSSR count). The first-order valence-corrected chi connectivity index (χ1v) is 7.14. The molecule has 0 unspecified atom stereocenters. The maximum atomic E-state index is 12.2. The summed E-state index contributed by atoms with van der Waals surface area (Å²) in [5, 5.41) is 6.14. The predicted octanol–water partition coefficient (Wildman–Crippen LogP) is 2.51. The third-order valence-electron chi connectivity index (χ3n) is 3.01. The summed E-state index contributed by atoms with van der Waals surface area (Å²) in [5.41, 5.74) is 1.22. The lowest BCUT2D eigenvalue weighted by Gasteiger charge is -2.19. The number of hydrogen-bond donors (Lipinski definition) is 2. The van der Waals surface area contributed by atoms with Crippen molar-refractivity contribution in [1.29, 1.82) is 0 Å². The summed E-state index contributed by atoms with van der Waals surface area (Å²) < 4.78 is 36.6. The number of alkyl halides is 3. The van der Waals surface area contributed by atoms with Crippen LogP contribution in [0.15, 0.2) is 35.3 Å². The van der Waals surface area contributed by atoms with Gasteiger partial charge >= 0.3 is 6.18 Å². The lowest BCUT2D eigenvalue weighted by molar-refractivity contribution is -0.142. The van der Waals surface area contributed by atoms with Gasteiger partial charge < -0.3 is 10.6 Å². The molecule has 132 valence electrons. The van der Waals surface area contributed by atoms with E-state index in [1.54, 1.807) is 7.05 Å². The van der Waals surface area contributed by atoms with E-state index in [1.807, 2.05) is 30.3 Å². The van der Waals surface area contributed by atoms with E-state index >= 15 is 0 Å². The van der Waals surface area contributed by atoms with Gasteiger partial charge in [0.05, 0.1) is 6.54 Å². The van der Waals surface area contributed by atoms with Gasteiger partial charge in [-0.3, -0.25) is 9.89 Å². The molecule has 0 aliphatic carbocycles. The highest BCUT2D eigenvalue weighted by molar-refractivity contribution is 14.0. The molecule has 0 aliphatic heterocycles. The fourth-order valence-electron chi connectivity index (χ4n) is 1.94. The Morgan fingerprint density at radius 3 is 2.30 bits per heavy atom. The Morgan fingerprint density at radius 2 is 1.74 bits per heavy atom. The van der Waals surface area contributed by atoms with Gasteiger partial charge in [-0.05, 0) is 19.0 Å². The van der Waals surface area contributed by atoms with Crippen molar-refractivity contribution in [2.45, 2.75) is 12.6 Å². The van der Waals surface area contributed by atoms with E-state index in [1.165, 1.54) is 17.5 Å². The van der Waals surface area contributed by atoms with Gasteiger partial charge in [-0.15, -0.1) is 24.0 Å². The minimum absolute atomic E-state index is 0. The van der Waals surface area contributed by atoms with Gasteiger partial charge in [-0.2, -0.15) is 13.2 Å². The van der Waals surface area contributed by atoms with Gasteiger partial charge in [0.2, 0.25) is 0 Å². The molecular weight excluding hydrogens is 420 g/mol. The average molecular weight is 444 g/mol. The number of aliphatic imine (C=N–C) groups is 1. The molecule has 0 aromatic heterocycles. The fraction of sp³-hybridized carbons (Fsp3) is 0.533. The van der Waals surface area contributed by atoms with Crippen LogP contribution in [0.5, 0.6) is 0 Å². The summed E-state index contributed by atoms with van der Waals surface area (Å²) in [5.74, 6) is 0.594. The molecule has 0 aliphatic rings. The zero-order valence-corrected chi connectivity index (χ0v) is 15.7. The molecule has 8 heteroatoms. The average Bonchev–Trinajstić information content (AvgIpc) is 2.45. The number of hydrogen-bond acceptors (Lipinski definition) is 2. The molecule has 0 fully saturated rings. The summed E-state index contributed by atoms with van der Waals surface area (Å²) in [6, 6.07) is 10.0. The number of nitrogens with zero attached hydrogens (tertiary/aromatic N) is 2. The van der Waals surface area contributed by atoms with Crippen LogP contribution in [0.3, 0.4) is 0 Å². The number of rotatable bonds is 7. The Hall–Kier alpha value is -1.03. The van der Waals surface area contributed by atoms with Gasteiger partial charge in [0.25, 0.3) is 0 Å². The molecule has 2 N–H and O–H groups in total. The van der Waals surface area contributed by atoms with Crippen molar-refractivity contribution in [3.63, 3.8) is 0 Å². The van der Waals surface area contributed by atoms with E-state index in [0.717, 1.165) is 6.42 Å². The molecule has 0 saturated heterocycles. The summed E-state index contributed by atoms with van der Waals surface area (Å²) in [6.45, 7) is 0.493. The number of halogens is 4. The second-order valence-corrected chi connectivity index (χ2v) is 5.01. The van der Waals surface area contributed by atoms with Crippen LogP contribution in [0.1, 0.15) is 5.56 Å². The SMILES string of the molecule is CN=C(NCCc1ccccc1)NCCN(C)CC(F)(F)F.I. The maximum Gasteiger partial charge on any atom is 0.401 e. The van der Waals surface area contributed by atoms with Crippen LogP contribution in [0.4, 0.5) is 13.2 Å². The van der Waals surface area contributed by atoms with Crippen molar-refractivity contribution in [3.05, 3.63) is 35.9 Å². The first-order chi connectivity index (χ1) is 10.4. The molecule has 0 bridgehead atoms. The lowest BCUT2D eigenvalue weighted by Crippen LogP contribution is -2.42. The van der Waals surface area contributed by atoms with E-state index in [2.05, 4.69) is 15.6 Å². The van der Waals surface area contributed by atoms with Crippen LogP contribution in [0, 0.1) is 0 Å². The zero-order chi connectivity index (χ0) is 16.4. The Labute approximate surface area is 152 Å². The largest absolute Gasteiger partial charge is 0.401 e. The normalized spacial score (nSPS) is 12.0. The van der Waals surface area contributed by atoms with Gasteiger partial charge in [0.1, 0.15) is 0 Å². The molecule has 0 atom stereocenters. The summed E-state index contributed by atoms with van der Waals surface area (Å²) in [4.78, 5) is 5.27. The molecule has 23 heavy (non-hydrogen) atoms. The number of benzene rings is 1. The quantitative estimate of drug-likeness (QED) is 0.386. The third-order valence-corrected chi connectivity index (χ3v) is 3.01. The highest BCUT2D eigenvalue weighted by Gasteiger charge is 2.28. The highest BCUT2D eigenvalue weighted by Crippen LogP contribution is 2.14. The Kier molecular flexibility index (Phi) is 11.0. The summed E-state index contributed by atoms with van der Waals surface area (Å²) >= 11 is 0. The monoisotopic (exact) mass is 444 g/mol. The van der Waals surface area contributed by atoms with Crippen LogP contribution >= 0.6 is 24.0 Å². The van der Waals surface area contributed by atoms with E-state index in [-0.39, 0.29) is 24.0 Å². The summed E-state index contributed by atoms with van der Waals surface area (Å²) in [7, 11) is 3.08. The zero-order valence-electron chi connectivity index (χ0n) is 13.4. The van der Waals surface area contributed by atoms with Crippen LogP contribution < -0.4 is 10.6 Å². The van der Waals surface area contributed by atoms with Crippen molar-refractivity contribution in [3.8, 4) is 0 Å². The Balaban J connectivity index is 0.00000484. The smallest absolute Gasteiger partial charge is 0.356 e. The van der Waals surface area contributed by atoms with E-state index in [4.69, 9.17) is 0 Å². The number of guanidine groups is 1. The molecule has 4 nitrogen and oxygen atoms in total. The fourth-order valence-corrected chi connectivity index (χ4v) is 1.94. The number of likely N-dealkylation sites (N-methyl/N-ethyl adjacent to an activating group) is 1. The van der Waals surface area contributed by atoms with Crippen molar-refractivity contribution in [2.75, 3.05) is 40.3 Å². The first-order valence-electron chi connectivity index (χ1n) is 7.14. The van der Waals surface area contributed by atoms with Gasteiger partial charge in [0, 0.05) is 26.7 Å². The van der Waals surface area contributed by atoms with Crippen LogP contribution in [-0.2, 0) is 6.42 Å². The molecule has 1 aromatic carbocycles.